The lowest BCUT2D eigenvalue weighted by atomic mass is 9.76. The molecular weight excluding hydrogens is 214 g/mol. The summed E-state index contributed by atoms with van der Waals surface area (Å²) in [4.78, 5) is 0. The molecule has 0 aliphatic heterocycles. The predicted octanol–water partition coefficient (Wildman–Crippen LogP) is 2.33. The van der Waals surface area contributed by atoms with Crippen molar-refractivity contribution in [2.45, 2.75) is 25.7 Å². The molecule has 2 rings (SSSR count). The predicted molar refractivity (Wildman–Crippen MR) is 68.8 cm³/mol. The second-order valence-corrected chi connectivity index (χ2v) is 4.76. The molecule has 2 unspecified atom stereocenters. The van der Waals surface area contributed by atoms with Crippen molar-refractivity contribution in [2.24, 2.45) is 11.7 Å². The van der Waals surface area contributed by atoms with Gasteiger partial charge in [-0.2, -0.15) is 0 Å². The van der Waals surface area contributed by atoms with Crippen molar-refractivity contribution in [1.82, 2.24) is 0 Å². The van der Waals surface area contributed by atoms with Gasteiger partial charge in [0.05, 0.1) is 14.2 Å². The fourth-order valence-corrected chi connectivity index (χ4v) is 2.75. The van der Waals surface area contributed by atoms with Crippen LogP contribution in [0.5, 0.6) is 11.5 Å². The normalized spacial score (nSPS) is 23.1. The molecule has 1 aliphatic rings. The van der Waals surface area contributed by atoms with Gasteiger partial charge in [-0.15, -0.1) is 0 Å². The Morgan fingerprint density at radius 1 is 1.24 bits per heavy atom. The molecule has 0 spiro atoms. The zero-order valence-electron chi connectivity index (χ0n) is 10.8. The van der Waals surface area contributed by atoms with E-state index in [0.717, 1.165) is 17.9 Å². The molecule has 2 N–H and O–H groups in total. The van der Waals surface area contributed by atoms with Gasteiger partial charge >= 0.3 is 0 Å². The lowest BCUT2D eigenvalue weighted by Gasteiger charge is -2.31. The maximum absolute atomic E-state index is 5.90. The van der Waals surface area contributed by atoms with Crippen LogP contribution in [0.3, 0.4) is 0 Å². The Hall–Kier alpha value is -1.22. The Morgan fingerprint density at radius 3 is 2.47 bits per heavy atom. The largest absolute Gasteiger partial charge is 0.493 e. The fraction of sp³-hybridized carbons (Fsp3) is 0.571. The third-order valence-corrected chi connectivity index (χ3v) is 3.85. The molecule has 0 amide bonds. The highest BCUT2D eigenvalue weighted by Gasteiger charge is 2.27. The number of hydrogen-bond donors (Lipinski definition) is 1. The summed E-state index contributed by atoms with van der Waals surface area (Å²) < 4.78 is 10.7. The van der Waals surface area contributed by atoms with Crippen LogP contribution in [0.15, 0.2) is 12.1 Å². The van der Waals surface area contributed by atoms with Gasteiger partial charge in [-0.25, -0.2) is 0 Å². The van der Waals surface area contributed by atoms with Crippen molar-refractivity contribution in [3.8, 4) is 11.5 Å². The quantitative estimate of drug-likeness (QED) is 0.874. The first-order chi connectivity index (χ1) is 8.21. The van der Waals surface area contributed by atoms with Crippen LogP contribution >= 0.6 is 0 Å². The standard InChI is InChI=1S/C14H21NO2/c1-9-4-5-10-6-13(16-2)14(17-3)7-11(10)12(9)8-15/h6-7,9,12H,4-5,8,15H2,1-3H3. The van der Waals surface area contributed by atoms with Gasteiger partial charge in [0.25, 0.3) is 0 Å². The summed E-state index contributed by atoms with van der Waals surface area (Å²) in [6.45, 7) is 2.97. The molecule has 0 heterocycles. The van der Waals surface area contributed by atoms with Gasteiger partial charge in [0, 0.05) is 0 Å². The molecule has 3 nitrogen and oxygen atoms in total. The summed E-state index contributed by atoms with van der Waals surface area (Å²) in [6, 6.07) is 4.20. The molecule has 3 heteroatoms. The zero-order valence-corrected chi connectivity index (χ0v) is 10.8. The Morgan fingerprint density at radius 2 is 1.88 bits per heavy atom. The van der Waals surface area contributed by atoms with Gasteiger partial charge in [0.2, 0.25) is 0 Å². The minimum Gasteiger partial charge on any atom is -0.493 e. The van der Waals surface area contributed by atoms with Crippen molar-refractivity contribution in [3.63, 3.8) is 0 Å². The lowest BCUT2D eigenvalue weighted by molar-refractivity contribution is 0.349. The fourth-order valence-electron chi connectivity index (χ4n) is 2.75. The summed E-state index contributed by atoms with van der Waals surface area (Å²) >= 11 is 0. The van der Waals surface area contributed by atoms with Crippen LogP contribution in [-0.4, -0.2) is 20.8 Å². The monoisotopic (exact) mass is 235 g/mol. The number of rotatable bonds is 3. The first-order valence-electron chi connectivity index (χ1n) is 6.16. The molecule has 17 heavy (non-hydrogen) atoms. The molecule has 0 aromatic heterocycles. The molecule has 0 radical (unpaired) electrons. The van der Waals surface area contributed by atoms with Gasteiger partial charge < -0.3 is 15.2 Å². The van der Waals surface area contributed by atoms with Crippen LogP contribution in [0.1, 0.15) is 30.4 Å². The van der Waals surface area contributed by atoms with Crippen LogP contribution in [-0.2, 0) is 6.42 Å². The van der Waals surface area contributed by atoms with Crippen molar-refractivity contribution < 1.29 is 9.47 Å². The summed E-state index contributed by atoms with van der Waals surface area (Å²) in [5.74, 6) is 2.71. The van der Waals surface area contributed by atoms with Gasteiger partial charge in [-0.3, -0.25) is 0 Å². The third-order valence-electron chi connectivity index (χ3n) is 3.85. The van der Waals surface area contributed by atoms with E-state index in [-0.39, 0.29) is 0 Å². The molecule has 1 aromatic rings. The Labute approximate surface area is 103 Å². The molecule has 0 bridgehead atoms. The van der Waals surface area contributed by atoms with Gasteiger partial charge in [0.1, 0.15) is 0 Å². The van der Waals surface area contributed by atoms with Gasteiger partial charge in [0.15, 0.2) is 11.5 Å². The van der Waals surface area contributed by atoms with Crippen LogP contribution < -0.4 is 15.2 Å². The van der Waals surface area contributed by atoms with Crippen molar-refractivity contribution in [1.29, 1.82) is 0 Å². The second kappa shape index (κ2) is 4.96. The zero-order chi connectivity index (χ0) is 12.4. The molecule has 0 saturated heterocycles. The van der Waals surface area contributed by atoms with Crippen LogP contribution in [0.4, 0.5) is 0 Å². The van der Waals surface area contributed by atoms with E-state index in [4.69, 9.17) is 15.2 Å². The van der Waals surface area contributed by atoms with E-state index < -0.39 is 0 Å². The minimum atomic E-state index is 0.443. The Bertz CT molecular complexity index is 403. The number of aryl methyl sites for hydroxylation is 1. The maximum atomic E-state index is 5.90. The average molecular weight is 235 g/mol. The van der Waals surface area contributed by atoms with Crippen molar-refractivity contribution in [2.75, 3.05) is 20.8 Å². The molecule has 1 aromatic carbocycles. The molecule has 2 atom stereocenters. The van der Waals surface area contributed by atoms with E-state index in [0.29, 0.717) is 18.4 Å². The highest BCUT2D eigenvalue weighted by Crippen LogP contribution is 2.41. The van der Waals surface area contributed by atoms with E-state index in [1.807, 2.05) is 0 Å². The lowest BCUT2D eigenvalue weighted by Crippen LogP contribution is -2.25. The smallest absolute Gasteiger partial charge is 0.161 e. The molecule has 0 fully saturated rings. The third kappa shape index (κ3) is 2.12. The summed E-state index contributed by atoms with van der Waals surface area (Å²) in [6.07, 6.45) is 2.30. The average Bonchev–Trinajstić information content (AvgIpc) is 2.37. The highest BCUT2D eigenvalue weighted by molar-refractivity contribution is 5.49. The van der Waals surface area contributed by atoms with Gasteiger partial charge in [-0.05, 0) is 54.5 Å². The first-order valence-corrected chi connectivity index (χ1v) is 6.16. The van der Waals surface area contributed by atoms with Crippen LogP contribution in [0, 0.1) is 5.92 Å². The van der Waals surface area contributed by atoms with Crippen molar-refractivity contribution in [3.05, 3.63) is 23.3 Å². The molecule has 1 aliphatic carbocycles. The van der Waals surface area contributed by atoms with E-state index >= 15 is 0 Å². The van der Waals surface area contributed by atoms with E-state index in [1.165, 1.54) is 17.5 Å². The SMILES string of the molecule is COc1cc2c(cc1OC)C(CN)C(C)CC2. The van der Waals surface area contributed by atoms with Crippen molar-refractivity contribution >= 4 is 0 Å². The first kappa shape index (κ1) is 12.2. The molecular formula is C14H21NO2. The number of hydrogen-bond acceptors (Lipinski definition) is 3. The summed E-state index contributed by atoms with van der Waals surface area (Å²) in [7, 11) is 3.35. The van der Waals surface area contributed by atoms with Gasteiger partial charge in [-0.1, -0.05) is 6.92 Å². The molecule has 94 valence electrons. The summed E-state index contributed by atoms with van der Waals surface area (Å²) in [5, 5.41) is 0. The maximum Gasteiger partial charge on any atom is 0.161 e. The van der Waals surface area contributed by atoms with Crippen LogP contribution in [0.2, 0.25) is 0 Å². The van der Waals surface area contributed by atoms with Crippen LogP contribution in [0.25, 0.3) is 0 Å². The van der Waals surface area contributed by atoms with E-state index in [2.05, 4.69) is 19.1 Å². The number of ether oxygens (including phenoxy) is 2. The molecule has 0 saturated carbocycles. The highest BCUT2D eigenvalue weighted by atomic mass is 16.5. The number of methoxy groups -OCH3 is 2. The topological polar surface area (TPSA) is 44.5 Å². The Balaban J connectivity index is 2.48. The summed E-state index contributed by atoms with van der Waals surface area (Å²) in [5.41, 5.74) is 8.59. The minimum absolute atomic E-state index is 0.443. The Kier molecular flexibility index (Phi) is 3.57. The number of nitrogens with two attached hydrogens (primary N) is 1. The number of benzene rings is 1. The second-order valence-electron chi connectivity index (χ2n) is 4.76. The van der Waals surface area contributed by atoms with E-state index in [1.54, 1.807) is 14.2 Å². The number of fused-ring (bicyclic) bond motifs is 1. The van der Waals surface area contributed by atoms with E-state index in [9.17, 15) is 0 Å².